The number of carbonyl (C=O) groups excluding carboxylic acids is 1. The number of sulfone groups is 1. The molecule has 0 aliphatic carbocycles. The van der Waals surface area contributed by atoms with E-state index in [9.17, 15) is 17.6 Å². The molecule has 3 N–H and O–H groups in total. The van der Waals surface area contributed by atoms with Crippen molar-refractivity contribution in [3.63, 3.8) is 0 Å². The molecule has 0 bridgehead atoms. The average molecular weight is 413 g/mol. The highest BCUT2D eigenvalue weighted by molar-refractivity contribution is 7.91. The molecular formula is C20H18FN4O3S+. The molecule has 0 atom stereocenters. The predicted molar refractivity (Wildman–Crippen MR) is 107 cm³/mol. The van der Waals surface area contributed by atoms with Crippen molar-refractivity contribution >= 4 is 34.1 Å². The second kappa shape index (κ2) is 8.19. The molecule has 1 heterocycles. The summed E-state index contributed by atoms with van der Waals surface area (Å²) < 4.78 is 39.4. The summed E-state index contributed by atoms with van der Waals surface area (Å²) in [6.45, 7) is 3.91. The third kappa shape index (κ3) is 4.82. The van der Waals surface area contributed by atoms with Gasteiger partial charge >= 0.3 is 6.03 Å². The number of amides is 2. The van der Waals surface area contributed by atoms with Gasteiger partial charge < -0.3 is 5.73 Å². The maximum Gasteiger partial charge on any atom is 0.495 e. The summed E-state index contributed by atoms with van der Waals surface area (Å²) >= 11 is 0. The van der Waals surface area contributed by atoms with Gasteiger partial charge in [0.15, 0.2) is 0 Å². The van der Waals surface area contributed by atoms with Crippen molar-refractivity contribution in [2.75, 3.05) is 11.1 Å². The number of rotatable bonds is 5. The minimum absolute atomic E-state index is 0.0169. The number of halogens is 1. The van der Waals surface area contributed by atoms with Gasteiger partial charge in [0.25, 0.3) is 0 Å². The molecular weight excluding hydrogens is 395 g/mol. The molecule has 7 nitrogen and oxygen atoms in total. The van der Waals surface area contributed by atoms with E-state index in [0.717, 1.165) is 17.7 Å². The van der Waals surface area contributed by atoms with Crippen LogP contribution < -0.4 is 11.1 Å². The second-order valence-corrected chi connectivity index (χ2v) is 8.15. The Morgan fingerprint density at radius 3 is 2.17 bits per heavy atom. The lowest BCUT2D eigenvalue weighted by molar-refractivity contribution is -0.431. The Kier molecular flexibility index (Phi) is 5.69. The summed E-state index contributed by atoms with van der Waals surface area (Å²) in [5.74, 6) is -0.140. The maximum absolute atomic E-state index is 13.0. The number of nitrogen functional groups attached to an aromatic ring is 1. The van der Waals surface area contributed by atoms with Gasteiger partial charge in [-0.05, 0) is 60.7 Å². The molecule has 0 aliphatic rings. The summed E-state index contributed by atoms with van der Waals surface area (Å²) in [5.41, 5.74) is 6.68. The number of anilines is 2. The van der Waals surface area contributed by atoms with Crippen molar-refractivity contribution in [1.29, 1.82) is 0 Å². The fourth-order valence-electron chi connectivity index (χ4n) is 2.49. The summed E-state index contributed by atoms with van der Waals surface area (Å²) in [6, 6.07) is 13.1. The highest BCUT2D eigenvalue weighted by atomic mass is 32.2. The Bertz CT molecular complexity index is 1140. The van der Waals surface area contributed by atoms with Crippen LogP contribution in [0.25, 0.3) is 0 Å². The number of pyridine rings is 1. The zero-order chi connectivity index (χ0) is 21.0. The Hall–Kier alpha value is -3.59. The van der Waals surface area contributed by atoms with E-state index in [1.54, 1.807) is 18.3 Å². The minimum atomic E-state index is -3.78. The van der Waals surface area contributed by atoms with Crippen LogP contribution in [0.5, 0.6) is 0 Å². The summed E-state index contributed by atoms with van der Waals surface area (Å²) in [6.07, 6.45) is 1.55. The van der Waals surface area contributed by atoms with Crippen molar-refractivity contribution in [2.24, 2.45) is 0 Å². The molecule has 0 saturated heterocycles. The smallest absolute Gasteiger partial charge is 0.384 e. The van der Waals surface area contributed by atoms with E-state index in [1.807, 2.05) is 0 Å². The number of nitrogens with zero attached hydrogens (tertiary/aromatic N) is 2. The molecule has 0 fully saturated rings. The molecule has 29 heavy (non-hydrogen) atoms. The van der Waals surface area contributed by atoms with Gasteiger partial charge in [-0.15, -0.1) is 0 Å². The van der Waals surface area contributed by atoms with Crippen LogP contribution in [0.15, 0.2) is 76.7 Å². The van der Waals surface area contributed by atoms with Crippen molar-refractivity contribution in [2.45, 2.75) is 16.3 Å². The highest BCUT2D eigenvalue weighted by Gasteiger charge is 2.19. The Labute approximate surface area is 167 Å². The van der Waals surface area contributed by atoms with Crippen molar-refractivity contribution in [1.82, 2.24) is 4.98 Å². The van der Waals surface area contributed by atoms with E-state index in [-0.39, 0.29) is 16.3 Å². The first-order valence-corrected chi connectivity index (χ1v) is 9.94. The van der Waals surface area contributed by atoms with Gasteiger partial charge in [-0.2, -0.15) is 4.79 Å². The van der Waals surface area contributed by atoms with E-state index in [0.29, 0.717) is 11.5 Å². The lowest BCUT2D eigenvalue weighted by atomic mass is 10.3. The number of urea groups is 1. The predicted octanol–water partition coefficient (Wildman–Crippen LogP) is 3.08. The molecule has 0 radical (unpaired) electrons. The third-order valence-electron chi connectivity index (χ3n) is 4.05. The molecule has 0 aliphatic heterocycles. The Balaban J connectivity index is 1.68. The monoisotopic (exact) mass is 413 g/mol. The van der Waals surface area contributed by atoms with Gasteiger partial charge in [0.1, 0.15) is 23.9 Å². The van der Waals surface area contributed by atoms with Crippen LogP contribution in [-0.4, -0.2) is 30.7 Å². The average Bonchev–Trinajstić information content (AvgIpc) is 2.70. The molecule has 1 aromatic heterocycles. The molecule has 0 spiro atoms. The third-order valence-corrected chi connectivity index (χ3v) is 5.83. The highest BCUT2D eigenvalue weighted by Crippen LogP contribution is 2.22. The quantitative estimate of drug-likeness (QED) is 0.380. The zero-order valence-corrected chi connectivity index (χ0v) is 16.1. The normalized spacial score (nSPS) is 11.1. The van der Waals surface area contributed by atoms with Crippen LogP contribution in [-0.2, 0) is 16.4 Å². The lowest BCUT2D eigenvalue weighted by Gasteiger charge is -2.06. The molecule has 0 saturated carbocycles. The van der Waals surface area contributed by atoms with E-state index < -0.39 is 21.7 Å². The fraction of sp³-hybridized carbons (Fsp3) is 0.0500. The minimum Gasteiger partial charge on any atom is -0.384 e. The number of nitrogens with two attached hydrogens (primary N) is 1. The number of benzene rings is 2. The van der Waals surface area contributed by atoms with Crippen LogP contribution >= 0.6 is 0 Å². The summed E-state index contributed by atoms with van der Waals surface area (Å²) in [4.78, 5) is 16.2. The number of carbonyl (C=O) groups is 1. The van der Waals surface area contributed by atoms with Crippen molar-refractivity contribution < 1.29 is 22.2 Å². The SMILES string of the molecule is C=[N+](Cc1ccc(N)nc1)C(=O)Nc1ccc(S(=O)(=O)c2ccc(F)cc2)cc1. The van der Waals surface area contributed by atoms with E-state index >= 15 is 0 Å². The van der Waals surface area contributed by atoms with Gasteiger partial charge in [-0.1, -0.05) is 0 Å². The van der Waals surface area contributed by atoms with Gasteiger partial charge in [-0.3, -0.25) is 0 Å². The van der Waals surface area contributed by atoms with E-state index in [1.165, 1.54) is 41.0 Å². The largest absolute Gasteiger partial charge is 0.495 e. The molecule has 2 aromatic carbocycles. The topological polar surface area (TPSA) is 105 Å². The lowest BCUT2D eigenvalue weighted by Crippen LogP contribution is -2.24. The summed E-state index contributed by atoms with van der Waals surface area (Å²) in [5, 5.41) is 2.63. The van der Waals surface area contributed by atoms with E-state index in [2.05, 4.69) is 17.0 Å². The first-order chi connectivity index (χ1) is 13.8. The molecule has 9 heteroatoms. The molecule has 3 rings (SSSR count). The van der Waals surface area contributed by atoms with Crippen molar-refractivity contribution in [3.8, 4) is 0 Å². The van der Waals surface area contributed by atoms with Gasteiger partial charge in [0.05, 0.1) is 16.5 Å². The second-order valence-electron chi connectivity index (χ2n) is 6.20. The van der Waals surface area contributed by atoms with Crippen LogP contribution in [0.4, 0.5) is 20.7 Å². The van der Waals surface area contributed by atoms with Crippen LogP contribution in [0.2, 0.25) is 0 Å². The van der Waals surface area contributed by atoms with Gasteiger partial charge in [0, 0.05) is 11.8 Å². The Morgan fingerprint density at radius 1 is 1.03 bits per heavy atom. The number of nitrogens with one attached hydrogen (secondary N) is 1. The Morgan fingerprint density at radius 2 is 1.62 bits per heavy atom. The van der Waals surface area contributed by atoms with Crippen molar-refractivity contribution in [3.05, 3.63) is 78.2 Å². The van der Waals surface area contributed by atoms with Crippen LogP contribution in [0.1, 0.15) is 5.56 Å². The van der Waals surface area contributed by atoms with Gasteiger partial charge in [-0.25, -0.2) is 27.7 Å². The zero-order valence-electron chi connectivity index (χ0n) is 15.2. The first-order valence-electron chi connectivity index (χ1n) is 8.46. The van der Waals surface area contributed by atoms with Crippen LogP contribution in [0.3, 0.4) is 0 Å². The fourth-order valence-corrected chi connectivity index (χ4v) is 3.75. The molecule has 148 valence electrons. The number of aromatic nitrogens is 1. The number of hydrogen-bond acceptors (Lipinski definition) is 5. The maximum atomic E-state index is 13.0. The molecule has 2 amide bonds. The first kappa shape index (κ1) is 20.2. The standard InChI is InChI=1S/C20H17FN4O3S/c1-25(13-14-2-11-19(22)23-12-14)20(26)24-16-5-9-18(10-6-16)29(27,28)17-7-3-15(21)4-8-17/h2-12H,1,13H2,(H2-,22,23,24,26)/p+1. The number of hydrogen-bond donors (Lipinski definition) is 2. The van der Waals surface area contributed by atoms with E-state index in [4.69, 9.17) is 5.73 Å². The summed E-state index contributed by atoms with van der Waals surface area (Å²) in [7, 11) is -3.78. The van der Waals surface area contributed by atoms with Crippen LogP contribution in [0, 0.1) is 5.82 Å². The molecule has 3 aromatic rings. The van der Waals surface area contributed by atoms with Gasteiger partial charge in [0.2, 0.25) is 9.84 Å². The molecule has 0 unspecified atom stereocenters.